The number of ether oxygens (including phenoxy) is 4. The van der Waals surface area contributed by atoms with E-state index in [4.69, 9.17) is 18.9 Å². The number of carbonyl (C=O) groups excluding carboxylic acids is 1. The van der Waals surface area contributed by atoms with Crippen molar-refractivity contribution in [1.29, 1.82) is 0 Å². The van der Waals surface area contributed by atoms with Crippen molar-refractivity contribution >= 4 is 11.6 Å². The van der Waals surface area contributed by atoms with Gasteiger partial charge in [-0.15, -0.1) is 0 Å². The number of nitrogens with one attached hydrogen (secondary N) is 2. The first-order valence-corrected chi connectivity index (χ1v) is 14.3. The second-order valence-electron chi connectivity index (χ2n) is 10.5. The first-order chi connectivity index (χ1) is 19.1. The quantitative estimate of drug-likeness (QED) is 0.371. The summed E-state index contributed by atoms with van der Waals surface area (Å²) in [6.07, 6.45) is 3.55. The monoisotopic (exact) mass is 539 g/mol. The smallest absolute Gasteiger partial charge is 0.222 e. The van der Waals surface area contributed by atoms with Gasteiger partial charge in [0.25, 0.3) is 0 Å². The van der Waals surface area contributed by atoms with Crippen LogP contribution in [-0.4, -0.2) is 72.2 Å². The molecule has 2 heterocycles. The van der Waals surface area contributed by atoms with Crippen molar-refractivity contribution < 1.29 is 23.7 Å². The zero-order valence-electron chi connectivity index (χ0n) is 23.9. The minimum atomic E-state index is 0.00559. The summed E-state index contributed by atoms with van der Waals surface area (Å²) in [5.74, 6) is 2.12. The molecule has 0 bridgehead atoms. The average molecular weight is 540 g/mol. The summed E-state index contributed by atoms with van der Waals surface area (Å²) in [6, 6.07) is 15.0. The Balaban J connectivity index is 1.46. The number of rotatable bonds is 13. The molecule has 2 N–H and O–H groups in total. The number of piperidine rings is 1. The highest BCUT2D eigenvalue weighted by molar-refractivity contribution is 5.78. The molecule has 0 spiro atoms. The van der Waals surface area contributed by atoms with Crippen LogP contribution < -0.4 is 25.0 Å². The molecular weight excluding hydrogens is 494 g/mol. The van der Waals surface area contributed by atoms with Crippen LogP contribution >= 0.6 is 0 Å². The second kappa shape index (κ2) is 14.5. The summed E-state index contributed by atoms with van der Waals surface area (Å²) >= 11 is 0. The molecule has 2 aliphatic heterocycles. The first kappa shape index (κ1) is 29.2. The normalized spacial score (nSPS) is 21.5. The van der Waals surface area contributed by atoms with Crippen molar-refractivity contribution in [3.8, 4) is 11.5 Å². The molecule has 4 atom stereocenters. The third kappa shape index (κ3) is 7.65. The van der Waals surface area contributed by atoms with Crippen molar-refractivity contribution in [3.63, 3.8) is 0 Å². The topological polar surface area (TPSA) is 81.3 Å². The summed E-state index contributed by atoms with van der Waals surface area (Å²) in [5, 5.41) is 6.51. The van der Waals surface area contributed by atoms with Crippen LogP contribution in [0.4, 0.5) is 5.69 Å². The summed E-state index contributed by atoms with van der Waals surface area (Å²) in [7, 11) is 5.15. The molecule has 39 heavy (non-hydrogen) atoms. The largest absolute Gasteiger partial charge is 0.497 e. The fourth-order valence-electron chi connectivity index (χ4n) is 5.77. The van der Waals surface area contributed by atoms with Gasteiger partial charge < -0.3 is 34.5 Å². The lowest BCUT2D eigenvalue weighted by Crippen LogP contribution is -2.48. The van der Waals surface area contributed by atoms with Gasteiger partial charge in [-0.2, -0.15) is 0 Å². The Morgan fingerprint density at radius 3 is 2.74 bits per heavy atom. The number of anilines is 1. The van der Waals surface area contributed by atoms with Crippen LogP contribution in [0.25, 0.3) is 0 Å². The molecule has 0 aromatic heterocycles. The minimum Gasteiger partial charge on any atom is -0.497 e. The molecule has 8 heteroatoms. The lowest BCUT2D eigenvalue weighted by atomic mass is 9.81. The highest BCUT2D eigenvalue weighted by Gasteiger charge is 2.34. The third-order valence-electron chi connectivity index (χ3n) is 8.04. The minimum absolute atomic E-state index is 0.00559. The van der Waals surface area contributed by atoms with Gasteiger partial charge >= 0.3 is 0 Å². The zero-order valence-corrected chi connectivity index (χ0v) is 23.9. The van der Waals surface area contributed by atoms with Crippen LogP contribution in [0.15, 0.2) is 42.5 Å². The summed E-state index contributed by atoms with van der Waals surface area (Å²) < 4.78 is 23.2. The molecule has 8 nitrogen and oxygen atoms in total. The molecule has 1 amide bonds. The Hall–Kier alpha value is -2.81. The zero-order chi connectivity index (χ0) is 27.6. The number of hydrogen-bond acceptors (Lipinski definition) is 7. The van der Waals surface area contributed by atoms with E-state index in [2.05, 4.69) is 52.8 Å². The molecular formula is C31H45N3O5. The highest BCUT2D eigenvalue weighted by atomic mass is 16.5. The number of carbonyl (C=O) groups is 1. The highest BCUT2D eigenvalue weighted by Crippen LogP contribution is 2.36. The van der Waals surface area contributed by atoms with Gasteiger partial charge in [-0.1, -0.05) is 25.1 Å². The van der Waals surface area contributed by atoms with E-state index in [9.17, 15) is 4.79 Å². The molecule has 4 rings (SSSR count). The summed E-state index contributed by atoms with van der Waals surface area (Å²) in [5.41, 5.74) is 3.51. The van der Waals surface area contributed by atoms with E-state index in [0.717, 1.165) is 74.7 Å². The molecule has 1 fully saturated rings. The number of methoxy groups -OCH3 is 2. The molecule has 2 aromatic carbocycles. The van der Waals surface area contributed by atoms with Crippen molar-refractivity contribution in [3.05, 3.63) is 53.6 Å². The van der Waals surface area contributed by atoms with Gasteiger partial charge in [-0.25, -0.2) is 0 Å². The lowest BCUT2D eigenvalue weighted by molar-refractivity contribution is -0.125. The fraction of sp³-hybridized carbons (Fsp3) is 0.581. The molecule has 0 saturated carbocycles. The van der Waals surface area contributed by atoms with Crippen LogP contribution in [0.1, 0.15) is 49.7 Å². The van der Waals surface area contributed by atoms with Crippen LogP contribution in [0.5, 0.6) is 11.5 Å². The number of nitrogens with zero attached hydrogens (tertiary/aromatic N) is 1. The van der Waals surface area contributed by atoms with Crippen LogP contribution in [-0.2, 0) is 20.9 Å². The molecule has 0 radical (unpaired) electrons. The van der Waals surface area contributed by atoms with E-state index in [0.29, 0.717) is 13.2 Å². The predicted molar refractivity (Wildman–Crippen MR) is 154 cm³/mol. The Labute approximate surface area is 233 Å². The second-order valence-corrected chi connectivity index (χ2v) is 10.5. The number of benzene rings is 2. The van der Waals surface area contributed by atoms with Crippen LogP contribution in [0, 0.1) is 5.92 Å². The fourth-order valence-corrected chi connectivity index (χ4v) is 5.77. The molecule has 2 aliphatic rings. The standard InChI is InChI=1S/C31H45N3O5/c1-5-23(31(35)32-2)18-25-19-27(24-8-10-26(37-4)11-9-24)30(20-33-25)39-21-22-7-12-29-28(17-22)34(14-16-38-29)13-6-15-36-3/h7-12,17,23,25,27,30,33H,5-6,13-16,18-21H2,1-4H3,(H,32,35)/t23-,25?,27+,30-/m0/s1. The van der Waals surface area contributed by atoms with Gasteiger partial charge in [-0.3, -0.25) is 4.79 Å². The summed E-state index contributed by atoms with van der Waals surface area (Å²) in [4.78, 5) is 14.7. The van der Waals surface area contributed by atoms with E-state index in [1.165, 1.54) is 5.56 Å². The summed E-state index contributed by atoms with van der Waals surface area (Å²) in [6.45, 7) is 6.62. The van der Waals surface area contributed by atoms with Gasteiger partial charge in [0.05, 0.1) is 32.1 Å². The predicted octanol–water partition coefficient (Wildman–Crippen LogP) is 4.12. The molecule has 0 aliphatic carbocycles. The number of amides is 1. The van der Waals surface area contributed by atoms with Gasteiger partial charge in [0, 0.05) is 51.7 Å². The Morgan fingerprint density at radius 1 is 1.21 bits per heavy atom. The van der Waals surface area contributed by atoms with Crippen molar-refractivity contribution in [2.24, 2.45) is 5.92 Å². The van der Waals surface area contributed by atoms with Gasteiger partial charge in [0.15, 0.2) is 0 Å². The maximum absolute atomic E-state index is 12.4. The van der Waals surface area contributed by atoms with Gasteiger partial charge in [-0.05, 0) is 61.1 Å². The SMILES string of the molecule is CC[C@@H](CC1C[C@H](c2ccc(OC)cc2)[C@@H](OCc2ccc3c(c2)N(CCCOC)CCO3)CN1)C(=O)NC. The molecule has 214 valence electrons. The van der Waals surface area contributed by atoms with Crippen LogP contribution in [0.3, 0.4) is 0 Å². The van der Waals surface area contributed by atoms with E-state index < -0.39 is 0 Å². The lowest BCUT2D eigenvalue weighted by Gasteiger charge is -2.38. The van der Waals surface area contributed by atoms with Gasteiger partial charge in [0.2, 0.25) is 5.91 Å². The molecule has 1 saturated heterocycles. The van der Waals surface area contributed by atoms with Crippen LogP contribution in [0.2, 0.25) is 0 Å². The Morgan fingerprint density at radius 2 is 2.03 bits per heavy atom. The van der Waals surface area contributed by atoms with Gasteiger partial charge in [0.1, 0.15) is 18.1 Å². The molecule has 1 unspecified atom stereocenters. The number of hydrogen-bond donors (Lipinski definition) is 2. The van der Waals surface area contributed by atoms with E-state index >= 15 is 0 Å². The van der Waals surface area contributed by atoms with Crippen molar-refractivity contribution in [1.82, 2.24) is 10.6 Å². The Bertz CT molecular complexity index is 1050. The first-order valence-electron chi connectivity index (χ1n) is 14.3. The maximum Gasteiger partial charge on any atom is 0.222 e. The Kier molecular flexibility index (Phi) is 10.9. The molecule has 2 aromatic rings. The van der Waals surface area contributed by atoms with E-state index in [1.807, 2.05) is 12.1 Å². The average Bonchev–Trinajstić information content (AvgIpc) is 2.99. The van der Waals surface area contributed by atoms with E-state index in [-0.39, 0.29) is 29.9 Å². The van der Waals surface area contributed by atoms with Crippen molar-refractivity contribution in [2.75, 3.05) is 59.0 Å². The van der Waals surface area contributed by atoms with Crippen molar-refractivity contribution in [2.45, 2.75) is 57.3 Å². The maximum atomic E-state index is 12.4. The van der Waals surface area contributed by atoms with E-state index in [1.54, 1.807) is 21.3 Å². The third-order valence-corrected chi connectivity index (χ3v) is 8.04. The number of fused-ring (bicyclic) bond motifs is 1.